The first kappa shape index (κ1) is 14.2. The molecule has 0 N–H and O–H groups in total. The zero-order valence-corrected chi connectivity index (χ0v) is 13.1. The number of halogens is 2. The van der Waals surface area contributed by atoms with Crippen LogP contribution in [0.15, 0.2) is 48.7 Å². The molecule has 0 unspecified atom stereocenters. The van der Waals surface area contributed by atoms with Crippen molar-refractivity contribution < 1.29 is 0 Å². The van der Waals surface area contributed by atoms with Gasteiger partial charge < -0.3 is 9.30 Å². The number of hydrogen-bond donors (Lipinski definition) is 0. The van der Waals surface area contributed by atoms with Crippen molar-refractivity contribution in [3.05, 3.63) is 64.9 Å². The van der Waals surface area contributed by atoms with Gasteiger partial charge in [0.05, 0.1) is 11.6 Å². The van der Waals surface area contributed by atoms with Gasteiger partial charge in [-0.15, -0.1) is 11.6 Å². The van der Waals surface area contributed by atoms with Gasteiger partial charge in [0.1, 0.15) is 5.65 Å². The molecular weight excluding hydrogens is 305 g/mol. The largest absolute Gasteiger partial charge is 0.354 e. The summed E-state index contributed by atoms with van der Waals surface area (Å²) in [6, 6.07) is 13.8. The normalized spacial score (nSPS) is 11.0. The van der Waals surface area contributed by atoms with Crippen molar-refractivity contribution >= 4 is 34.7 Å². The van der Waals surface area contributed by atoms with E-state index in [4.69, 9.17) is 23.2 Å². The van der Waals surface area contributed by atoms with Crippen LogP contribution in [0.3, 0.4) is 0 Å². The Morgan fingerprint density at radius 3 is 2.62 bits per heavy atom. The second-order valence-corrected chi connectivity index (χ2v) is 5.63. The van der Waals surface area contributed by atoms with Gasteiger partial charge >= 0.3 is 0 Å². The molecule has 0 spiro atoms. The molecule has 0 aliphatic carbocycles. The van der Waals surface area contributed by atoms with Crippen molar-refractivity contribution in [1.29, 1.82) is 0 Å². The third-order valence-electron chi connectivity index (χ3n) is 3.43. The highest BCUT2D eigenvalue weighted by atomic mass is 35.5. The van der Waals surface area contributed by atoms with Crippen molar-refractivity contribution in [3.8, 4) is 0 Å². The van der Waals surface area contributed by atoms with E-state index < -0.39 is 0 Å². The number of hydrogen-bond acceptors (Lipinski definition) is 2. The third-order valence-corrected chi connectivity index (χ3v) is 3.93. The van der Waals surface area contributed by atoms with Gasteiger partial charge in [0.25, 0.3) is 0 Å². The summed E-state index contributed by atoms with van der Waals surface area (Å²) >= 11 is 12.0. The lowest BCUT2D eigenvalue weighted by Crippen LogP contribution is -2.18. The molecule has 5 heteroatoms. The molecular formula is C16H15Cl2N3. The van der Waals surface area contributed by atoms with E-state index >= 15 is 0 Å². The topological polar surface area (TPSA) is 20.5 Å². The fraction of sp³-hybridized carbons (Fsp3) is 0.188. The fourth-order valence-corrected chi connectivity index (χ4v) is 2.78. The predicted octanol–water partition coefficient (Wildman–Crippen LogP) is 4.36. The summed E-state index contributed by atoms with van der Waals surface area (Å²) in [4.78, 5) is 6.78. The Hall–Kier alpha value is -1.71. The lowest BCUT2D eigenvalue weighted by atomic mass is 10.2. The number of fused-ring (bicyclic) bond motifs is 1. The fourth-order valence-electron chi connectivity index (χ4n) is 2.40. The number of rotatable bonds is 4. The molecule has 0 bridgehead atoms. The molecule has 21 heavy (non-hydrogen) atoms. The minimum Gasteiger partial charge on any atom is -0.354 e. The van der Waals surface area contributed by atoms with E-state index in [2.05, 4.69) is 9.88 Å². The minimum absolute atomic E-state index is 0.422. The maximum absolute atomic E-state index is 6.12. The van der Waals surface area contributed by atoms with Crippen LogP contribution in [0.5, 0.6) is 0 Å². The van der Waals surface area contributed by atoms with E-state index in [1.165, 1.54) is 5.56 Å². The summed E-state index contributed by atoms with van der Waals surface area (Å²) in [5.74, 6) is 1.33. The van der Waals surface area contributed by atoms with Crippen LogP contribution in [0.1, 0.15) is 11.3 Å². The summed E-state index contributed by atoms with van der Waals surface area (Å²) in [5, 5.41) is 0.746. The first-order valence-corrected chi connectivity index (χ1v) is 7.58. The Labute approximate surface area is 133 Å². The van der Waals surface area contributed by atoms with Gasteiger partial charge in [-0.05, 0) is 29.8 Å². The van der Waals surface area contributed by atoms with Crippen molar-refractivity contribution in [3.63, 3.8) is 0 Å². The summed E-state index contributed by atoms with van der Waals surface area (Å²) in [5.41, 5.74) is 3.09. The average molecular weight is 320 g/mol. The van der Waals surface area contributed by atoms with Gasteiger partial charge in [0.15, 0.2) is 5.82 Å². The smallest absolute Gasteiger partial charge is 0.152 e. The average Bonchev–Trinajstić information content (AvgIpc) is 2.88. The standard InChI is InChI=1S/C16H15Cl2N3/c1-20(11-12-5-7-13(18)8-6-12)16-14(10-17)21-9-3-2-4-15(21)19-16/h2-9H,10-11H2,1H3. The maximum Gasteiger partial charge on any atom is 0.152 e. The molecule has 1 aromatic carbocycles. The van der Waals surface area contributed by atoms with Gasteiger partial charge in [-0.1, -0.05) is 29.8 Å². The SMILES string of the molecule is CN(Cc1ccc(Cl)cc1)c1nc2ccccn2c1CCl. The summed E-state index contributed by atoms with van der Waals surface area (Å²) in [6.07, 6.45) is 1.99. The molecule has 2 aromatic heterocycles. The first-order chi connectivity index (χ1) is 10.2. The molecule has 3 rings (SSSR count). The second kappa shape index (κ2) is 5.96. The van der Waals surface area contributed by atoms with Gasteiger partial charge in [-0.25, -0.2) is 4.98 Å². The number of anilines is 1. The second-order valence-electron chi connectivity index (χ2n) is 4.93. The molecule has 0 amide bonds. The van der Waals surface area contributed by atoms with E-state index in [0.29, 0.717) is 5.88 Å². The van der Waals surface area contributed by atoms with Crippen molar-refractivity contribution in [1.82, 2.24) is 9.38 Å². The predicted molar refractivity (Wildman–Crippen MR) is 88.3 cm³/mol. The highest BCUT2D eigenvalue weighted by molar-refractivity contribution is 6.30. The highest BCUT2D eigenvalue weighted by Gasteiger charge is 2.14. The molecule has 3 aromatic rings. The van der Waals surface area contributed by atoms with Crippen LogP contribution >= 0.6 is 23.2 Å². The Balaban J connectivity index is 1.93. The minimum atomic E-state index is 0.422. The number of nitrogens with zero attached hydrogens (tertiary/aromatic N) is 3. The Morgan fingerprint density at radius 1 is 1.14 bits per heavy atom. The molecule has 2 heterocycles. The highest BCUT2D eigenvalue weighted by Crippen LogP contribution is 2.24. The number of aromatic nitrogens is 2. The van der Waals surface area contributed by atoms with Crippen LogP contribution in [-0.2, 0) is 12.4 Å². The maximum atomic E-state index is 6.12. The lowest BCUT2D eigenvalue weighted by molar-refractivity contribution is 0.894. The summed E-state index contributed by atoms with van der Waals surface area (Å²) in [6.45, 7) is 0.755. The van der Waals surface area contributed by atoms with E-state index in [0.717, 1.165) is 28.7 Å². The third kappa shape index (κ3) is 2.85. The molecule has 3 nitrogen and oxygen atoms in total. The Morgan fingerprint density at radius 2 is 1.90 bits per heavy atom. The molecule has 0 aliphatic rings. The van der Waals surface area contributed by atoms with Crippen LogP contribution in [0.2, 0.25) is 5.02 Å². The number of pyridine rings is 1. The van der Waals surface area contributed by atoms with E-state index in [-0.39, 0.29) is 0 Å². The number of benzene rings is 1. The Bertz CT molecular complexity index is 750. The molecule has 0 saturated heterocycles. The Kier molecular flexibility index (Phi) is 4.04. The number of imidazole rings is 1. The molecule has 0 fully saturated rings. The molecule has 0 atom stereocenters. The van der Waals surface area contributed by atoms with Gasteiger partial charge in [-0.2, -0.15) is 0 Å². The first-order valence-electron chi connectivity index (χ1n) is 6.66. The molecule has 0 saturated carbocycles. The molecule has 0 radical (unpaired) electrons. The van der Waals surface area contributed by atoms with Gasteiger partial charge in [0.2, 0.25) is 0 Å². The monoisotopic (exact) mass is 319 g/mol. The molecule has 0 aliphatic heterocycles. The zero-order chi connectivity index (χ0) is 14.8. The summed E-state index contributed by atoms with van der Waals surface area (Å²) < 4.78 is 2.03. The van der Waals surface area contributed by atoms with Crippen LogP contribution in [-0.4, -0.2) is 16.4 Å². The zero-order valence-electron chi connectivity index (χ0n) is 11.6. The number of alkyl halides is 1. The van der Waals surface area contributed by atoms with Crippen molar-refractivity contribution in [2.75, 3.05) is 11.9 Å². The van der Waals surface area contributed by atoms with Crippen LogP contribution in [0, 0.1) is 0 Å². The van der Waals surface area contributed by atoms with E-state index in [9.17, 15) is 0 Å². The van der Waals surface area contributed by atoms with E-state index in [1.54, 1.807) is 0 Å². The van der Waals surface area contributed by atoms with Crippen LogP contribution in [0.4, 0.5) is 5.82 Å². The van der Waals surface area contributed by atoms with Gasteiger partial charge in [-0.3, -0.25) is 0 Å². The molecule has 108 valence electrons. The quantitative estimate of drug-likeness (QED) is 0.666. The van der Waals surface area contributed by atoms with Crippen molar-refractivity contribution in [2.45, 2.75) is 12.4 Å². The van der Waals surface area contributed by atoms with Gasteiger partial charge in [0, 0.05) is 24.8 Å². The van der Waals surface area contributed by atoms with Crippen LogP contribution < -0.4 is 4.90 Å². The van der Waals surface area contributed by atoms with E-state index in [1.807, 2.05) is 60.1 Å². The van der Waals surface area contributed by atoms with Crippen LogP contribution in [0.25, 0.3) is 5.65 Å². The van der Waals surface area contributed by atoms with Crippen molar-refractivity contribution in [2.24, 2.45) is 0 Å². The lowest BCUT2D eigenvalue weighted by Gasteiger charge is -2.18. The summed E-state index contributed by atoms with van der Waals surface area (Å²) in [7, 11) is 2.02.